The van der Waals surface area contributed by atoms with E-state index in [-0.39, 0.29) is 0 Å². The summed E-state index contributed by atoms with van der Waals surface area (Å²) in [4.78, 5) is 0. The summed E-state index contributed by atoms with van der Waals surface area (Å²) in [5, 5.41) is 11.6. The number of nitrogens with zero attached hydrogens (tertiary/aromatic N) is 2. The average Bonchev–Trinajstić information content (AvgIpc) is 2.74. The van der Waals surface area contributed by atoms with Gasteiger partial charge in [-0.05, 0) is 25.7 Å². The predicted octanol–water partition coefficient (Wildman–Crippen LogP) is 1.97. The minimum atomic E-state index is 0.452. The minimum Gasteiger partial charge on any atom is -0.425 e. The van der Waals surface area contributed by atoms with Gasteiger partial charge in [-0.25, -0.2) is 0 Å². The average molecular weight is 267 g/mol. The van der Waals surface area contributed by atoms with Crippen molar-refractivity contribution in [1.29, 1.82) is 0 Å². The Kier molecular flexibility index (Phi) is 5.34. The van der Waals surface area contributed by atoms with Crippen molar-refractivity contribution in [3.63, 3.8) is 0 Å². The molecule has 2 rings (SSSR count). The molecule has 1 aliphatic rings. The molecule has 0 unspecified atom stereocenters. The molecule has 0 spiro atoms. The van der Waals surface area contributed by atoms with Gasteiger partial charge in [-0.3, -0.25) is 0 Å². The molecule has 5 nitrogen and oxygen atoms in total. The molecule has 19 heavy (non-hydrogen) atoms. The van der Waals surface area contributed by atoms with Gasteiger partial charge in [0.05, 0.1) is 6.10 Å². The molecular weight excluding hydrogens is 242 g/mol. The van der Waals surface area contributed by atoms with Crippen LogP contribution >= 0.6 is 0 Å². The third kappa shape index (κ3) is 4.58. The molecule has 1 saturated carbocycles. The van der Waals surface area contributed by atoms with Gasteiger partial charge < -0.3 is 14.5 Å². The van der Waals surface area contributed by atoms with Crippen LogP contribution in [0.2, 0.25) is 0 Å². The van der Waals surface area contributed by atoms with Crippen LogP contribution in [0.3, 0.4) is 0 Å². The van der Waals surface area contributed by atoms with Gasteiger partial charge in [-0.15, -0.1) is 10.2 Å². The maximum atomic E-state index is 5.66. The quantitative estimate of drug-likeness (QED) is 0.780. The largest absolute Gasteiger partial charge is 0.425 e. The third-order valence-corrected chi connectivity index (χ3v) is 3.46. The Morgan fingerprint density at radius 3 is 2.74 bits per heavy atom. The Hall–Kier alpha value is -0.940. The summed E-state index contributed by atoms with van der Waals surface area (Å²) in [5.74, 6) is 2.17. The lowest BCUT2D eigenvalue weighted by atomic mass is 9.80. The number of hydrogen-bond donors (Lipinski definition) is 1. The van der Waals surface area contributed by atoms with Crippen LogP contribution in [0.5, 0.6) is 0 Å². The highest BCUT2D eigenvalue weighted by Crippen LogP contribution is 2.32. The molecule has 0 atom stereocenters. The first-order valence-corrected chi connectivity index (χ1v) is 7.33. The fourth-order valence-electron chi connectivity index (χ4n) is 2.40. The molecule has 0 bridgehead atoms. The van der Waals surface area contributed by atoms with Gasteiger partial charge >= 0.3 is 0 Å². The number of aromatic nitrogens is 2. The molecule has 1 fully saturated rings. The van der Waals surface area contributed by atoms with Crippen LogP contribution in [-0.4, -0.2) is 35.5 Å². The van der Waals surface area contributed by atoms with E-state index in [1.54, 1.807) is 0 Å². The van der Waals surface area contributed by atoms with Crippen molar-refractivity contribution < 1.29 is 9.15 Å². The molecular formula is C14H25N3O2. The van der Waals surface area contributed by atoms with Gasteiger partial charge in [0, 0.05) is 32.0 Å². The molecule has 0 aliphatic heterocycles. The summed E-state index contributed by atoms with van der Waals surface area (Å²) >= 11 is 0. The van der Waals surface area contributed by atoms with Crippen LogP contribution in [0, 0.1) is 5.92 Å². The fourth-order valence-corrected chi connectivity index (χ4v) is 2.40. The Bertz CT molecular complexity index is 373. The van der Waals surface area contributed by atoms with Crippen LogP contribution in [-0.2, 0) is 17.6 Å². The summed E-state index contributed by atoms with van der Waals surface area (Å²) in [6.45, 7) is 8.00. The molecule has 0 aromatic carbocycles. The van der Waals surface area contributed by atoms with Crippen molar-refractivity contribution in [1.82, 2.24) is 15.5 Å². The van der Waals surface area contributed by atoms with Crippen LogP contribution in [0.15, 0.2) is 4.42 Å². The number of ether oxygens (including phenoxy) is 1. The smallest absolute Gasteiger partial charge is 0.217 e. The zero-order valence-corrected chi connectivity index (χ0v) is 12.2. The SMILES string of the molecule is CCOC1CC(Cc2nnc(CCNC(C)C)o2)C1. The molecule has 1 N–H and O–H groups in total. The van der Waals surface area contributed by atoms with Gasteiger partial charge in [-0.2, -0.15) is 0 Å². The maximum absolute atomic E-state index is 5.66. The first-order valence-electron chi connectivity index (χ1n) is 7.33. The normalized spacial score (nSPS) is 22.7. The van der Waals surface area contributed by atoms with E-state index >= 15 is 0 Å². The van der Waals surface area contributed by atoms with Gasteiger partial charge in [0.1, 0.15) is 0 Å². The van der Waals surface area contributed by atoms with Gasteiger partial charge in [0.25, 0.3) is 0 Å². The lowest BCUT2D eigenvalue weighted by molar-refractivity contribution is -0.0255. The van der Waals surface area contributed by atoms with Crippen molar-refractivity contribution in [3.05, 3.63) is 11.8 Å². The summed E-state index contributed by atoms with van der Waals surface area (Å²) in [6, 6.07) is 0.493. The van der Waals surface area contributed by atoms with Gasteiger partial charge in [-0.1, -0.05) is 13.8 Å². The lowest BCUT2D eigenvalue weighted by Crippen LogP contribution is -2.32. The maximum Gasteiger partial charge on any atom is 0.217 e. The molecule has 0 amide bonds. The highest BCUT2D eigenvalue weighted by molar-refractivity contribution is 4.90. The monoisotopic (exact) mass is 267 g/mol. The molecule has 0 saturated heterocycles. The van der Waals surface area contributed by atoms with E-state index < -0.39 is 0 Å². The zero-order valence-electron chi connectivity index (χ0n) is 12.2. The third-order valence-electron chi connectivity index (χ3n) is 3.46. The van der Waals surface area contributed by atoms with E-state index in [0.717, 1.165) is 50.6 Å². The summed E-state index contributed by atoms with van der Waals surface area (Å²) < 4.78 is 11.2. The Morgan fingerprint density at radius 1 is 1.32 bits per heavy atom. The molecule has 1 heterocycles. The first-order chi connectivity index (χ1) is 9.17. The second-order valence-electron chi connectivity index (χ2n) is 5.57. The number of nitrogens with one attached hydrogen (secondary N) is 1. The van der Waals surface area contributed by atoms with Crippen molar-refractivity contribution in [2.45, 2.75) is 58.6 Å². The van der Waals surface area contributed by atoms with Crippen molar-refractivity contribution in [3.8, 4) is 0 Å². The Balaban J connectivity index is 1.67. The van der Waals surface area contributed by atoms with Gasteiger partial charge in [0.15, 0.2) is 0 Å². The van der Waals surface area contributed by atoms with Crippen molar-refractivity contribution >= 4 is 0 Å². The van der Waals surface area contributed by atoms with Crippen molar-refractivity contribution in [2.75, 3.05) is 13.2 Å². The van der Waals surface area contributed by atoms with E-state index in [1.807, 2.05) is 6.92 Å². The topological polar surface area (TPSA) is 60.2 Å². The fraction of sp³-hybridized carbons (Fsp3) is 0.857. The minimum absolute atomic E-state index is 0.452. The van der Waals surface area contributed by atoms with E-state index in [1.165, 1.54) is 0 Å². The Labute approximate surface area is 115 Å². The van der Waals surface area contributed by atoms with Crippen LogP contribution in [0.1, 0.15) is 45.4 Å². The predicted molar refractivity (Wildman–Crippen MR) is 73.0 cm³/mol. The lowest BCUT2D eigenvalue weighted by Gasteiger charge is -2.33. The van der Waals surface area contributed by atoms with Crippen LogP contribution in [0.4, 0.5) is 0 Å². The molecule has 1 aromatic heterocycles. The highest BCUT2D eigenvalue weighted by atomic mass is 16.5. The first kappa shape index (κ1) is 14.5. The van der Waals surface area contributed by atoms with Crippen molar-refractivity contribution in [2.24, 2.45) is 5.92 Å². The molecule has 5 heteroatoms. The second-order valence-corrected chi connectivity index (χ2v) is 5.57. The standard InChI is InChI=1S/C14H25N3O2/c1-4-18-12-7-11(8-12)9-14-17-16-13(19-14)5-6-15-10(2)3/h10-12,15H,4-9H2,1-3H3. The zero-order chi connectivity index (χ0) is 13.7. The van der Waals surface area contributed by atoms with Crippen LogP contribution in [0.25, 0.3) is 0 Å². The Morgan fingerprint density at radius 2 is 2.05 bits per heavy atom. The number of rotatable bonds is 8. The van der Waals surface area contributed by atoms with E-state index in [2.05, 4.69) is 29.4 Å². The molecule has 108 valence electrons. The van der Waals surface area contributed by atoms with E-state index in [9.17, 15) is 0 Å². The second kappa shape index (κ2) is 7.01. The molecule has 0 radical (unpaired) electrons. The van der Waals surface area contributed by atoms with E-state index in [4.69, 9.17) is 9.15 Å². The summed E-state index contributed by atoms with van der Waals surface area (Å²) in [7, 11) is 0. The number of hydrogen-bond acceptors (Lipinski definition) is 5. The highest BCUT2D eigenvalue weighted by Gasteiger charge is 2.30. The summed E-state index contributed by atoms with van der Waals surface area (Å²) in [6.07, 6.45) is 4.40. The molecule has 1 aromatic rings. The van der Waals surface area contributed by atoms with Crippen LogP contribution < -0.4 is 5.32 Å². The summed E-state index contributed by atoms with van der Waals surface area (Å²) in [5.41, 5.74) is 0. The van der Waals surface area contributed by atoms with Gasteiger partial charge in [0.2, 0.25) is 11.8 Å². The van der Waals surface area contributed by atoms with E-state index in [0.29, 0.717) is 18.1 Å². The molecule has 1 aliphatic carbocycles.